The number of carbonyl (C=O) groups excluding carboxylic acids is 1. The molecular weight excluding hydrogens is 400 g/mol. The van der Waals surface area contributed by atoms with E-state index in [1.165, 1.54) is 12.1 Å². The van der Waals surface area contributed by atoms with Crippen LogP contribution in [0.2, 0.25) is 5.02 Å². The van der Waals surface area contributed by atoms with Gasteiger partial charge in [-0.05, 0) is 35.9 Å². The maximum atomic E-state index is 12.5. The smallest absolute Gasteiger partial charge is 0.267 e. The minimum Gasteiger partial charge on any atom is -0.267 e. The molecule has 1 amide bonds. The zero-order chi connectivity index (χ0) is 18.0. The first-order chi connectivity index (χ1) is 11.9. The zero-order valence-electron chi connectivity index (χ0n) is 12.5. The minimum absolute atomic E-state index is 0.0470. The van der Waals surface area contributed by atoms with Crippen molar-refractivity contribution in [1.82, 2.24) is 9.84 Å². The summed E-state index contributed by atoms with van der Waals surface area (Å²) in [6, 6.07) is 14.7. The number of nitrogens with zero attached hydrogens (tertiary/aromatic N) is 1. The third kappa shape index (κ3) is 4.10. The number of nitrogens with one attached hydrogen (secondary N) is 1. The minimum atomic E-state index is -3.90. The molecule has 1 aliphatic rings. The summed E-state index contributed by atoms with van der Waals surface area (Å²) in [4.78, 5) is 15.1. The number of halogens is 1. The number of carbonyl (C=O) groups is 1. The van der Waals surface area contributed by atoms with E-state index in [9.17, 15) is 13.2 Å². The van der Waals surface area contributed by atoms with Gasteiger partial charge in [0.05, 0.1) is 9.80 Å². The number of sulfonamides is 1. The molecule has 1 heterocycles. The van der Waals surface area contributed by atoms with Crippen LogP contribution in [0.4, 0.5) is 0 Å². The van der Waals surface area contributed by atoms with Gasteiger partial charge >= 0.3 is 0 Å². The first kappa shape index (κ1) is 18.1. The number of rotatable bonds is 4. The molecule has 0 radical (unpaired) electrons. The van der Waals surface area contributed by atoms with Gasteiger partial charge in [0.25, 0.3) is 15.9 Å². The Morgan fingerprint density at radius 2 is 1.72 bits per heavy atom. The van der Waals surface area contributed by atoms with Gasteiger partial charge in [0, 0.05) is 5.02 Å². The molecule has 1 saturated heterocycles. The van der Waals surface area contributed by atoms with Crippen molar-refractivity contribution in [3.05, 3.63) is 70.1 Å². The van der Waals surface area contributed by atoms with Gasteiger partial charge in [-0.2, -0.15) is 0 Å². The molecule has 1 N–H and O–H groups in total. The van der Waals surface area contributed by atoms with Crippen molar-refractivity contribution < 1.29 is 13.2 Å². The molecular formula is C16H11ClN2O3S3. The molecule has 2 aromatic rings. The molecule has 9 heteroatoms. The lowest BCUT2D eigenvalue weighted by Gasteiger charge is -2.15. The van der Waals surface area contributed by atoms with Crippen LogP contribution in [0.1, 0.15) is 5.56 Å². The maximum Gasteiger partial charge on any atom is 0.281 e. The number of thiocarbonyl (C=S) groups is 1. The molecule has 2 aromatic carbocycles. The second-order valence-corrected chi connectivity index (χ2v) is 8.75. The van der Waals surface area contributed by atoms with Crippen LogP contribution >= 0.6 is 35.6 Å². The summed E-state index contributed by atoms with van der Waals surface area (Å²) in [6.45, 7) is 0. The van der Waals surface area contributed by atoms with Gasteiger partial charge in [-0.1, -0.05) is 65.9 Å². The summed E-state index contributed by atoms with van der Waals surface area (Å²) in [5.74, 6) is -0.524. The van der Waals surface area contributed by atoms with Crippen LogP contribution < -0.4 is 4.83 Å². The van der Waals surface area contributed by atoms with E-state index in [2.05, 4.69) is 4.83 Å². The fraction of sp³-hybridized carbons (Fsp3) is 0. The Kier molecular flexibility index (Phi) is 5.26. The van der Waals surface area contributed by atoms with Crippen molar-refractivity contribution in [2.45, 2.75) is 4.90 Å². The summed E-state index contributed by atoms with van der Waals surface area (Å²) >= 11 is 12.0. The number of thioether (sulfide) groups is 1. The summed E-state index contributed by atoms with van der Waals surface area (Å²) in [7, 11) is -3.90. The molecule has 0 saturated carbocycles. The van der Waals surface area contributed by atoms with Gasteiger partial charge in [0.2, 0.25) is 0 Å². The molecule has 1 fully saturated rings. The van der Waals surface area contributed by atoms with Gasteiger partial charge in [0.15, 0.2) is 4.32 Å². The molecule has 0 bridgehead atoms. The Bertz CT molecular complexity index is 958. The van der Waals surface area contributed by atoms with Crippen molar-refractivity contribution in [1.29, 1.82) is 0 Å². The number of benzene rings is 2. The third-order valence-corrected chi connectivity index (χ3v) is 6.10. The van der Waals surface area contributed by atoms with E-state index >= 15 is 0 Å². The van der Waals surface area contributed by atoms with Crippen molar-refractivity contribution >= 4 is 61.9 Å². The van der Waals surface area contributed by atoms with E-state index in [0.717, 1.165) is 22.3 Å². The lowest BCUT2D eigenvalue weighted by molar-refractivity contribution is -0.123. The van der Waals surface area contributed by atoms with Crippen molar-refractivity contribution in [3.63, 3.8) is 0 Å². The Labute approximate surface area is 159 Å². The fourth-order valence-corrected chi connectivity index (χ4v) is 4.49. The third-order valence-electron chi connectivity index (χ3n) is 3.23. The van der Waals surface area contributed by atoms with Gasteiger partial charge in [-0.15, -0.1) is 4.83 Å². The lowest BCUT2D eigenvalue weighted by Crippen LogP contribution is -2.44. The van der Waals surface area contributed by atoms with Gasteiger partial charge in [0.1, 0.15) is 0 Å². The lowest BCUT2D eigenvalue weighted by atomic mass is 10.2. The number of amides is 1. The van der Waals surface area contributed by atoms with Gasteiger partial charge < -0.3 is 0 Å². The predicted octanol–water partition coefficient (Wildman–Crippen LogP) is 3.43. The van der Waals surface area contributed by atoms with Crippen LogP contribution in [-0.4, -0.2) is 23.7 Å². The first-order valence-corrected chi connectivity index (χ1v) is 10.1. The second kappa shape index (κ2) is 7.27. The Hall–Kier alpha value is -1.71. The molecule has 5 nitrogen and oxygen atoms in total. The molecule has 3 rings (SSSR count). The normalized spacial score (nSPS) is 16.7. The zero-order valence-corrected chi connectivity index (χ0v) is 15.8. The van der Waals surface area contributed by atoms with Crippen molar-refractivity contribution in [2.75, 3.05) is 0 Å². The van der Waals surface area contributed by atoms with Crippen LogP contribution in [0, 0.1) is 0 Å². The van der Waals surface area contributed by atoms with Crippen LogP contribution in [0.15, 0.2) is 64.4 Å². The van der Waals surface area contributed by atoms with Crippen LogP contribution in [0.5, 0.6) is 0 Å². The van der Waals surface area contributed by atoms with Crippen LogP contribution in [-0.2, 0) is 14.8 Å². The largest absolute Gasteiger partial charge is 0.281 e. The number of hydrazine groups is 1. The summed E-state index contributed by atoms with van der Waals surface area (Å²) in [6.07, 6.45) is 1.63. The van der Waals surface area contributed by atoms with Gasteiger partial charge in [-0.3, -0.25) is 4.79 Å². The SMILES string of the molecule is O=C1/C(=C/c2ccc(Cl)cc2)SC(=S)N1NS(=O)(=O)c1ccccc1. The molecule has 25 heavy (non-hydrogen) atoms. The highest BCUT2D eigenvalue weighted by Gasteiger charge is 2.35. The van der Waals surface area contributed by atoms with Crippen molar-refractivity contribution in [3.8, 4) is 0 Å². The second-order valence-electron chi connectivity index (χ2n) is 4.98. The number of hydrogen-bond donors (Lipinski definition) is 1. The maximum absolute atomic E-state index is 12.5. The topological polar surface area (TPSA) is 66.5 Å². The van der Waals surface area contributed by atoms with E-state index in [-0.39, 0.29) is 9.22 Å². The summed E-state index contributed by atoms with van der Waals surface area (Å²) < 4.78 is 24.9. The first-order valence-electron chi connectivity index (χ1n) is 6.98. The van der Waals surface area contributed by atoms with E-state index < -0.39 is 15.9 Å². The van der Waals surface area contributed by atoms with E-state index in [1.807, 2.05) is 0 Å². The molecule has 0 aliphatic carbocycles. The highest BCUT2D eigenvalue weighted by atomic mass is 35.5. The fourth-order valence-electron chi connectivity index (χ4n) is 2.03. The molecule has 0 spiro atoms. The van der Waals surface area contributed by atoms with Gasteiger partial charge in [-0.25, -0.2) is 13.4 Å². The summed E-state index contributed by atoms with van der Waals surface area (Å²) in [5.41, 5.74) is 0.760. The molecule has 0 atom stereocenters. The van der Waals surface area contributed by atoms with Crippen molar-refractivity contribution in [2.24, 2.45) is 0 Å². The monoisotopic (exact) mass is 410 g/mol. The van der Waals surface area contributed by atoms with E-state index in [4.69, 9.17) is 23.8 Å². The Morgan fingerprint density at radius 3 is 2.36 bits per heavy atom. The molecule has 0 aromatic heterocycles. The highest BCUT2D eigenvalue weighted by molar-refractivity contribution is 8.26. The predicted molar refractivity (Wildman–Crippen MR) is 103 cm³/mol. The molecule has 0 unspecified atom stereocenters. The standard InChI is InChI=1S/C16H11ClN2O3S3/c17-12-8-6-11(7-9-12)10-14-15(20)19(16(23)24-14)18-25(21,22)13-4-2-1-3-5-13/h1-10,18H/b14-10-. The quantitative estimate of drug-likeness (QED) is 0.617. The Morgan fingerprint density at radius 1 is 1.08 bits per heavy atom. The Balaban J connectivity index is 1.83. The average molecular weight is 411 g/mol. The van der Waals surface area contributed by atoms with E-state index in [1.54, 1.807) is 48.5 Å². The summed E-state index contributed by atoms with van der Waals surface area (Å²) in [5, 5.41) is 1.45. The van der Waals surface area contributed by atoms with Crippen LogP contribution in [0.25, 0.3) is 6.08 Å². The molecule has 1 aliphatic heterocycles. The van der Waals surface area contributed by atoms with E-state index in [0.29, 0.717) is 9.93 Å². The highest BCUT2D eigenvalue weighted by Crippen LogP contribution is 2.32. The molecule has 128 valence electrons. The average Bonchev–Trinajstić information content (AvgIpc) is 2.85. The number of hydrogen-bond acceptors (Lipinski definition) is 5. The van der Waals surface area contributed by atoms with Crippen LogP contribution in [0.3, 0.4) is 0 Å².